The predicted octanol–water partition coefficient (Wildman–Crippen LogP) is 1.46. The van der Waals surface area contributed by atoms with Gasteiger partial charge in [-0.2, -0.15) is 10.2 Å². The Bertz CT molecular complexity index is 536. The number of aromatic nitrogens is 4. The second-order valence-corrected chi connectivity index (χ2v) is 4.45. The van der Waals surface area contributed by atoms with Gasteiger partial charge in [-0.3, -0.25) is 14.2 Å². The topological polar surface area (TPSA) is 52.7 Å². The van der Waals surface area contributed by atoms with Crippen molar-refractivity contribution in [3.63, 3.8) is 0 Å². The van der Waals surface area contributed by atoms with Gasteiger partial charge in [0.1, 0.15) is 5.69 Å². The molecule has 5 nitrogen and oxygen atoms in total. The number of carbonyl (C=O) groups excluding carboxylic acids is 1. The highest BCUT2D eigenvalue weighted by Gasteiger charge is 2.20. The lowest BCUT2D eigenvalue weighted by atomic mass is 10.1. The summed E-state index contributed by atoms with van der Waals surface area (Å²) in [6, 6.07) is 0. The van der Waals surface area contributed by atoms with E-state index >= 15 is 0 Å². The number of hydrogen-bond acceptors (Lipinski definition) is 3. The van der Waals surface area contributed by atoms with E-state index in [2.05, 4.69) is 26.1 Å². The average molecular weight is 283 g/mol. The van der Waals surface area contributed by atoms with Crippen LogP contribution in [0.25, 0.3) is 0 Å². The molecule has 0 spiro atoms. The van der Waals surface area contributed by atoms with Gasteiger partial charge in [0.05, 0.1) is 21.9 Å². The van der Waals surface area contributed by atoms with Crippen molar-refractivity contribution in [2.24, 2.45) is 14.1 Å². The van der Waals surface area contributed by atoms with Crippen LogP contribution < -0.4 is 0 Å². The minimum absolute atomic E-state index is 0.0718. The van der Waals surface area contributed by atoms with Gasteiger partial charge in [0.2, 0.25) is 5.78 Å². The van der Waals surface area contributed by atoms with Crippen LogP contribution in [0.5, 0.6) is 0 Å². The zero-order valence-corrected chi connectivity index (χ0v) is 10.8. The van der Waals surface area contributed by atoms with Crippen molar-refractivity contribution < 1.29 is 4.79 Å². The van der Waals surface area contributed by atoms with Crippen LogP contribution in [0.15, 0.2) is 16.9 Å². The first kappa shape index (κ1) is 11.1. The fraction of sp³-hybridized carbons (Fsp3) is 0.300. The zero-order valence-electron chi connectivity index (χ0n) is 9.23. The highest BCUT2D eigenvalue weighted by atomic mass is 79.9. The van der Waals surface area contributed by atoms with E-state index in [4.69, 9.17) is 0 Å². The van der Waals surface area contributed by atoms with Gasteiger partial charge in [0.25, 0.3) is 0 Å². The smallest absolute Gasteiger partial charge is 0.215 e. The van der Waals surface area contributed by atoms with Crippen molar-refractivity contribution >= 4 is 21.7 Å². The molecule has 2 rings (SSSR count). The van der Waals surface area contributed by atoms with Crippen LogP contribution in [0.3, 0.4) is 0 Å². The van der Waals surface area contributed by atoms with E-state index in [1.807, 2.05) is 6.92 Å². The van der Waals surface area contributed by atoms with Gasteiger partial charge in [-0.1, -0.05) is 0 Å². The number of rotatable bonds is 2. The quantitative estimate of drug-likeness (QED) is 0.784. The summed E-state index contributed by atoms with van der Waals surface area (Å²) >= 11 is 3.31. The van der Waals surface area contributed by atoms with Gasteiger partial charge in [0, 0.05) is 20.3 Å². The molecule has 0 atom stereocenters. The Morgan fingerprint density at radius 1 is 1.44 bits per heavy atom. The van der Waals surface area contributed by atoms with Crippen LogP contribution in [-0.4, -0.2) is 25.3 Å². The van der Waals surface area contributed by atoms with E-state index < -0.39 is 0 Å². The van der Waals surface area contributed by atoms with Gasteiger partial charge in [-0.15, -0.1) is 0 Å². The summed E-state index contributed by atoms with van der Waals surface area (Å²) in [4.78, 5) is 12.2. The van der Waals surface area contributed by atoms with Gasteiger partial charge >= 0.3 is 0 Å². The lowest BCUT2D eigenvalue weighted by Gasteiger charge is -2.00. The van der Waals surface area contributed by atoms with Gasteiger partial charge < -0.3 is 0 Å². The fourth-order valence-electron chi connectivity index (χ4n) is 1.62. The Balaban J connectivity index is 2.51. The van der Waals surface area contributed by atoms with Crippen LogP contribution in [-0.2, 0) is 14.1 Å². The molecule has 0 unspecified atom stereocenters. The van der Waals surface area contributed by atoms with Crippen molar-refractivity contribution in [3.05, 3.63) is 33.8 Å². The molecule has 0 radical (unpaired) electrons. The lowest BCUT2D eigenvalue weighted by molar-refractivity contribution is 0.102. The Morgan fingerprint density at radius 3 is 2.56 bits per heavy atom. The molecule has 0 aliphatic carbocycles. The number of halogens is 1. The number of ketones is 1. The molecule has 2 aromatic rings. The van der Waals surface area contributed by atoms with Crippen molar-refractivity contribution in [2.45, 2.75) is 6.92 Å². The molecule has 0 amide bonds. The Labute approximate surface area is 101 Å². The highest BCUT2D eigenvalue weighted by molar-refractivity contribution is 9.10. The first-order chi connectivity index (χ1) is 7.50. The SMILES string of the molecule is Cc1nn(C)cc1C(=O)c1c(Br)cnn1C. The third-order valence-electron chi connectivity index (χ3n) is 2.37. The van der Waals surface area contributed by atoms with Crippen LogP contribution in [0.1, 0.15) is 21.7 Å². The summed E-state index contributed by atoms with van der Waals surface area (Å²) in [5.41, 5.74) is 1.86. The maximum Gasteiger partial charge on any atom is 0.215 e. The van der Waals surface area contributed by atoms with Crippen molar-refractivity contribution in [1.82, 2.24) is 19.6 Å². The number of nitrogens with zero attached hydrogens (tertiary/aromatic N) is 4. The van der Waals surface area contributed by atoms with Crippen molar-refractivity contribution in [3.8, 4) is 0 Å². The van der Waals surface area contributed by atoms with Gasteiger partial charge in [-0.05, 0) is 22.9 Å². The lowest BCUT2D eigenvalue weighted by Crippen LogP contribution is -2.09. The summed E-state index contributed by atoms with van der Waals surface area (Å²) in [5, 5.41) is 8.17. The van der Waals surface area contributed by atoms with Crippen LogP contribution in [0, 0.1) is 6.92 Å². The standard InChI is InChI=1S/C10H11BrN4O/c1-6-7(5-14(2)13-6)10(16)9-8(11)4-12-15(9)3/h4-5H,1-3H3. The molecule has 0 aliphatic rings. The van der Waals surface area contributed by atoms with E-state index in [1.165, 1.54) is 0 Å². The molecule has 0 bridgehead atoms. The van der Waals surface area contributed by atoms with E-state index in [0.717, 1.165) is 5.69 Å². The normalized spacial score (nSPS) is 10.8. The number of hydrogen-bond donors (Lipinski definition) is 0. The minimum Gasteiger partial charge on any atom is -0.287 e. The van der Waals surface area contributed by atoms with Crippen LogP contribution in [0.2, 0.25) is 0 Å². The second kappa shape index (κ2) is 3.86. The molecular weight excluding hydrogens is 272 g/mol. The van der Waals surface area contributed by atoms with Crippen LogP contribution in [0.4, 0.5) is 0 Å². The molecule has 84 valence electrons. The van der Waals surface area contributed by atoms with Crippen LogP contribution >= 0.6 is 15.9 Å². The summed E-state index contributed by atoms with van der Waals surface area (Å²) < 4.78 is 3.88. The molecule has 2 heterocycles. The number of aryl methyl sites for hydroxylation is 3. The molecule has 0 saturated carbocycles. The Kier molecular flexibility index (Phi) is 2.67. The van der Waals surface area contributed by atoms with Crippen molar-refractivity contribution in [1.29, 1.82) is 0 Å². The summed E-state index contributed by atoms with van der Waals surface area (Å²) in [6.07, 6.45) is 3.33. The Hall–Kier alpha value is -1.43. The maximum atomic E-state index is 12.2. The zero-order chi connectivity index (χ0) is 11.9. The summed E-state index contributed by atoms with van der Waals surface area (Å²) in [5.74, 6) is -0.0718. The molecule has 0 aliphatic heterocycles. The summed E-state index contributed by atoms with van der Waals surface area (Å²) in [7, 11) is 3.53. The maximum absolute atomic E-state index is 12.2. The minimum atomic E-state index is -0.0718. The van der Waals surface area contributed by atoms with E-state index in [1.54, 1.807) is 35.9 Å². The molecular formula is C10H11BrN4O. The monoisotopic (exact) mass is 282 g/mol. The molecule has 0 saturated heterocycles. The molecule has 0 fully saturated rings. The predicted molar refractivity (Wildman–Crippen MR) is 62.3 cm³/mol. The largest absolute Gasteiger partial charge is 0.287 e. The van der Waals surface area contributed by atoms with Gasteiger partial charge in [-0.25, -0.2) is 0 Å². The molecule has 2 aromatic heterocycles. The Morgan fingerprint density at radius 2 is 2.12 bits per heavy atom. The molecule has 0 aromatic carbocycles. The first-order valence-electron chi connectivity index (χ1n) is 4.73. The average Bonchev–Trinajstić information content (AvgIpc) is 2.70. The second-order valence-electron chi connectivity index (χ2n) is 3.60. The summed E-state index contributed by atoms with van der Waals surface area (Å²) in [6.45, 7) is 1.82. The third-order valence-corrected chi connectivity index (χ3v) is 2.95. The van der Waals surface area contributed by atoms with Gasteiger partial charge in [0.15, 0.2) is 0 Å². The fourth-order valence-corrected chi connectivity index (χ4v) is 2.14. The molecule has 16 heavy (non-hydrogen) atoms. The molecule has 6 heteroatoms. The number of carbonyl (C=O) groups is 1. The van der Waals surface area contributed by atoms with E-state index in [0.29, 0.717) is 15.7 Å². The first-order valence-corrected chi connectivity index (χ1v) is 5.52. The van der Waals surface area contributed by atoms with E-state index in [-0.39, 0.29) is 5.78 Å². The van der Waals surface area contributed by atoms with E-state index in [9.17, 15) is 4.79 Å². The highest BCUT2D eigenvalue weighted by Crippen LogP contribution is 2.20. The van der Waals surface area contributed by atoms with Crippen molar-refractivity contribution in [2.75, 3.05) is 0 Å². The third kappa shape index (κ3) is 1.69. The molecule has 0 N–H and O–H groups in total.